The third kappa shape index (κ3) is 2.31. The van der Waals surface area contributed by atoms with Crippen molar-refractivity contribution in [1.82, 2.24) is 0 Å². The van der Waals surface area contributed by atoms with E-state index in [1.165, 1.54) is 55.7 Å². The molecule has 0 amide bonds. The highest BCUT2D eigenvalue weighted by atomic mass is 14.5. The number of aryl methyl sites for hydroxylation is 1. The highest BCUT2D eigenvalue weighted by Gasteiger charge is 2.52. The summed E-state index contributed by atoms with van der Waals surface area (Å²) in [5.74, 6) is 0. The van der Waals surface area contributed by atoms with Gasteiger partial charge in [0.25, 0.3) is 0 Å². The smallest absolute Gasteiger partial charge is 0.0722 e. The summed E-state index contributed by atoms with van der Waals surface area (Å²) in [4.78, 5) is 0. The van der Waals surface area contributed by atoms with E-state index in [2.05, 4.69) is 113 Å². The average Bonchev–Trinajstić information content (AvgIpc) is 3.05. The molecular weight excluding hydrogens is 372 g/mol. The Labute approximate surface area is 185 Å². The van der Waals surface area contributed by atoms with Gasteiger partial charge in [0.05, 0.1) is 5.41 Å². The molecule has 3 aliphatic rings. The molecule has 0 radical (unpaired) electrons. The lowest BCUT2D eigenvalue weighted by molar-refractivity contribution is 0.587. The first-order valence-electron chi connectivity index (χ1n) is 11.4. The molecule has 0 heterocycles. The Hall–Kier alpha value is -3.12. The third-order valence-electron chi connectivity index (χ3n) is 7.42. The first kappa shape index (κ1) is 18.6. The van der Waals surface area contributed by atoms with Crippen LogP contribution in [-0.4, -0.2) is 0 Å². The molecule has 0 saturated heterocycles. The Bertz CT molecular complexity index is 1340. The molecule has 0 heteroatoms. The zero-order valence-corrected chi connectivity index (χ0v) is 18.8. The summed E-state index contributed by atoms with van der Waals surface area (Å²) in [7, 11) is 0. The minimum absolute atomic E-state index is 0.103. The van der Waals surface area contributed by atoms with E-state index in [0.29, 0.717) is 0 Å². The van der Waals surface area contributed by atoms with Crippen LogP contribution in [0.5, 0.6) is 0 Å². The number of allylic oxidation sites excluding steroid dienone is 6. The molecule has 1 atom stereocenters. The van der Waals surface area contributed by atoms with Crippen LogP contribution in [0, 0.1) is 6.92 Å². The molecule has 1 spiro atoms. The number of rotatable bonds is 0. The van der Waals surface area contributed by atoms with Crippen molar-refractivity contribution >= 4 is 5.57 Å². The fraction of sp³-hybridized carbons (Fsp3) is 0.226. The molecule has 3 aliphatic carbocycles. The lowest BCUT2D eigenvalue weighted by atomic mass is 9.68. The maximum absolute atomic E-state index is 2.52. The highest BCUT2D eigenvalue weighted by Crippen LogP contribution is 2.63. The van der Waals surface area contributed by atoms with Crippen LogP contribution < -0.4 is 0 Å². The van der Waals surface area contributed by atoms with Crippen LogP contribution in [0.3, 0.4) is 0 Å². The first-order chi connectivity index (χ1) is 14.9. The molecule has 3 aromatic carbocycles. The van der Waals surface area contributed by atoms with Crippen molar-refractivity contribution in [3.05, 3.63) is 124 Å². The van der Waals surface area contributed by atoms with Crippen molar-refractivity contribution in [1.29, 1.82) is 0 Å². The van der Waals surface area contributed by atoms with E-state index in [4.69, 9.17) is 0 Å². The van der Waals surface area contributed by atoms with Gasteiger partial charge in [-0.2, -0.15) is 0 Å². The van der Waals surface area contributed by atoms with E-state index < -0.39 is 0 Å². The summed E-state index contributed by atoms with van der Waals surface area (Å²) < 4.78 is 0. The van der Waals surface area contributed by atoms with E-state index >= 15 is 0 Å². The molecule has 0 saturated carbocycles. The molecule has 0 fully saturated rings. The maximum atomic E-state index is 2.52. The van der Waals surface area contributed by atoms with Gasteiger partial charge >= 0.3 is 0 Å². The Morgan fingerprint density at radius 1 is 0.774 bits per heavy atom. The number of hydrogen-bond donors (Lipinski definition) is 0. The van der Waals surface area contributed by atoms with E-state index in [1.54, 1.807) is 0 Å². The van der Waals surface area contributed by atoms with Crippen molar-refractivity contribution in [3.63, 3.8) is 0 Å². The summed E-state index contributed by atoms with van der Waals surface area (Å²) in [5, 5.41) is 0. The van der Waals surface area contributed by atoms with Gasteiger partial charge in [-0.3, -0.25) is 0 Å². The lowest BCUT2D eigenvalue weighted by Crippen LogP contribution is -2.27. The van der Waals surface area contributed by atoms with E-state index in [-0.39, 0.29) is 10.8 Å². The predicted octanol–water partition coefficient (Wildman–Crippen LogP) is 7.89. The minimum Gasteiger partial charge on any atom is -0.0801 e. The zero-order chi connectivity index (χ0) is 21.4. The minimum atomic E-state index is -0.230. The average molecular weight is 401 g/mol. The molecule has 0 N–H and O–H groups in total. The fourth-order valence-electron chi connectivity index (χ4n) is 6.08. The molecule has 0 aromatic heterocycles. The maximum Gasteiger partial charge on any atom is 0.0722 e. The molecule has 31 heavy (non-hydrogen) atoms. The van der Waals surface area contributed by atoms with Crippen LogP contribution in [0.15, 0.2) is 90.5 Å². The summed E-state index contributed by atoms with van der Waals surface area (Å²) in [6.45, 7) is 9.27. The molecule has 0 bridgehead atoms. The van der Waals surface area contributed by atoms with E-state index in [1.807, 2.05) is 0 Å². The van der Waals surface area contributed by atoms with Gasteiger partial charge in [-0.05, 0) is 74.4 Å². The monoisotopic (exact) mass is 400 g/mol. The van der Waals surface area contributed by atoms with Gasteiger partial charge < -0.3 is 0 Å². The van der Waals surface area contributed by atoms with Gasteiger partial charge in [0, 0.05) is 0 Å². The molecular formula is C31H28. The molecule has 3 aromatic rings. The second-order valence-corrected chi connectivity index (χ2v) is 10.2. The van der Waals surface area contributed by atoms with Crippen molar-refractivity contribution in [2.24, 2.45) is 0 Å². The molecule has 152 valence electrons. The first-order valence-corrected chi connectivity index (χ1v) is 11.4. The van der Waals surface area contributed by atoms with Gasteiger partial charge in [-0.15, -0.1) is 0 Å². The SMILES string of the molecule is Cc1cc(C(C)(C)C)cc2c1-c1ccccc1C21C2=C(CC=CC=C2)c2ccccc21. The summed E-state index contributed by atoms with van der Waals surface area (Å²) in [5.41, 5.74) is 14.2. The molecule has 0 aliphatic heterocycles. The largest absolute Gasteiger partial charge is 0.0801 e. The lowest BCUT2D eigenvalue weighted by Gasteiger charge is -2.33. The Morgan fingerprint density at radius 2 is 1.45 bits per heavy atom. The topological polar surface area (TPSA) is 0 Å². The van der Waals surface area contributed by atoms with Gasteiger partial charge in [0.15, 0.2) is 0 Å². The van der Waals surface area contributed by atoms with Crippen molar-refractivity contribution in [2.45, 2.75) is 44.9 Å². The second kappa shape index (κ2) is 6.20. The van der Waals surface area contributed by atoms with Crippen LogP contribution >= 0.6 is 0 Å². The Kier molecular flexibility index (Phi) is 3.73. The Morgan fingerprint density at radius 3 is 2.19 bits per heavy atom. The van der Waals surface area contributed by atoms with E-state index in [9.17, 15) is 0 Å². The van der Waals surface area contributed by atoms with Gasteiger partial charge in [-0.25, -0.2) is 0 Å². The zero-order valence-electron chi connectivity index (χ0n) is 18.8. The van der Waals surface area contributed by atoms with Crippen molar-refractivity contribution in [3.8, 4) is 11.1 Å². The van der Waals surface area contributed by atoms with Crippen LogP contribution in [0.25, 0.3) is 16.7 Å². The highest BCUT2D eigenvalue weighted by molar-refractivity contribution is 5.97. The standard InChI is InChI=1S/C31H28/c1-20-18-21(30(2,3)4)19-28-29(20)24-14-9-11-17-27(24)31(28)25-15-7-5-6-12-22(25)23-13-8-10-16-26(23)31/h5-11,13-19H,12H2,1-4H3. The molecule has 0 nitrogen and oxygen atoms in total. The van der Waals surface area contributed by atoms with Gasteiger partial charge in [0.2, 0.25) is 0 Å². The third-order valence-corrected chi connectivity index (χ3v) is 7.42. The Balaban J connectivity index is 1.82. The second-order valence-electron chi connectivity index (χ2n) is 10.2. The van der Waals surface area contributed by atoms with Crippen LogP contribution in [0.2, 0.25) is 0 Å². The quantitative estimate of drug-likeness (QED) is 0.360. The van der Waals surface area contributed by atoms with Crippen LogP contribution in [0.1, 0.15) is 60.6 Å². The number of benzene rings is 3. The van der Waals surface area contributed by atoms with E-state index in [0.717, 1.165) is 6.42 Å². The normalized spacial score (nSPS) is 20.5. The van der Waals surface area contributed by atoms with Crippen LogP contribution in [0.4, 0.5) is 0 Å². The molecule has 6 rings (SSSR count). The van der Waals surface area contributed by atoms with Gasteiger partial charge in [0.1, 0.15) is 0 Å². The fourth-order valence-corrected chi connectivity index (χ4v) is 6.08. The summed E-state index contributed by atoms with van der Waals surface area (Å²) in [6.07, 6.45) is 10.1. The van der Waals surface area contributed by atoms with Crippen molar-refractivity contribution < 1.29 is 0 Å². The van der Waals surface area contributed by atoms with Gasteiger partial charge in [-0.1, -0.05) is 106 Å². The molecule has 1 unspecified atom stereocenters. The number of hydrogen-bond acceptors (Lipinski definition) is 0. The number of fused-ring (bicyclic) bond motifs is 9. The predicted molar refractivity (Wildman–Crippen MR) is 131 cm³/mol. The summed E-state index contributed by atoms with van der Waals surface area (Å²) >= 11 is 0. The summed E-state index contributed by atoms with van der Waals surface area (Å²) in [6, 6.07) is 23.1. The van der Waals surface area contributed by atoms with Crippen LogP contribution in [-0.2, 0) is 10.8 Å². The van der Waals surface area contributed by atoms with Crippen molar-refractivity contribution in [2.75, 3.05) is 0 Å².